The van der Waals surface area contributed by atoms with Gasteiger partial charge in [0.2, 0.25) is 0 Å². The zero-order chi connectivity index (χ0) is 14.5. The summed E-state index contributed by atoms with van der Waals surface area (Å²) >= 11 is 0. The number of carbonyl (C=O) groups is 1. The van der Waals surface area contributed by atoms with Crippen molar-refractivity contribution in [2.45, 2.75) is 20.0 Å². The normalized spacial score (nSPS) is 11.7. The Bertz CT molecular complexity index is 610. The molecular formula is C16H17NO3. The molecule has 0 saturated carbocycles. The van der Waals surface area contributed by atoms with Crippen LogP contribution in [-0.2, 0) is 4.79 Å². The third-order valence-corrected chi connectivity index (χ3v) is 2.93. The molecule has 0 saturated heterocycles. The van der Waals surface area contributed by atoms with E-state index >= 15 is 0 Å². The average molecular weight is 271 g/mol. The van der Waals surface area contributed by atoms with Crippen LogP contribution in [0.4, 0.5) is 5.69 Å². The Morgan fingerprint density at radius 2 is 1.80 bits per heavy atom. The zero-order valence-corrected chi connectivity index (χ0v) is 11.5. The summed E-state index contributed by atoms with van der Waals surface area (Å²) in [5, 5.41) is 12.3. The number of carbonyl (C=O) groups excluding carboxylic acids is 1. The van der Waals surface area contributed by atoms with Gasteiger partial charge in [0.25, 0.3) is 5.91 Å². The summed E-state index contributed by atoms with van der Waals surface area (Å²) < 4.78 is 5.63. The maximum absolute atomic E-state index is 12.0. The quantitative estimate of drug-likeness (QED) is 0.840. The van der Waals surface area contributed by atoms with Crippen LogP contribution in [0.3, 0.4) is 0 Å². The van der Waals surface area contributed by atoms with Gasteiger partial charge in [-0.15, -0.1) is 0 Å². The molecule has 1 unspecified atom stereocenters. The lowest BCUT2D eigenvalue weighted by Crippen LogP contribution is -2.30. The third kappa shape index (κ3) is 3.29. The number of anilines is 1. The predicted octanol–water partition coefficient (Wildman–Crippen LogP) is 3.11. The number of rotatable bonds is 4. The number of amides is 1. The Morgan fingerprint density at radius 1 is 1.15 bits per heavy atom. The number of hydrogen-bond donors (Lipinski definition) is 2. The average Bonchev–Trinajstić information content (AvgIpc) is 2.43. The molecule has 0 heterocycles. The monoisotopic (exact) mass is 271 g/mol. The fourth-order valence-corrected chi connectivity index (χ4v) is 1.75. The summed E-state index contributed by atoms with van der Waals surface area (Å²) in [4.78, 5) is 12.0. The van der Waals surface area contributed by atoms with Crippen LogP contribution in [0.25, 0.3) is 0 Å². The van der Waals surface area contributed by atoms with Gasteiger partial charge in [0, 0.05) is 0 Å². The molecule has 0 aromatic heterocycles. The number of benzene rings is 2. The van der Waals surface area contributed by atoms with Crippen LogP contribution in [0.15, 0.2) is 48.5 Å². The first-order valence-electron chi connectivity index (χ1n) is 6.39. The van der Waals surface area contributed by atoms with Gasteiger partial charge in [-0.1, -0.05) is 30.3 Å². The highest BCUT2D eigenvalue weighted by Gasteiger charge is 2.16. The van der Waals surface area contributed by atoms with E-state index in [1.54, 1.807) is 25.1 Å². The second-order valence-electron chi connectivity index (χ2n) is 4.53. The van der Waals surface area contributed by atoms with Gasteiger partial charge in [0.05, 0.1) is 5.69 Å². The van der Waals surface area contributed by atoms with Gasteiger partial charge >= 0.3 is 0 Å². The molecule has 2 aromatic carbocycles. The minimum absolute atomic E-state index is 0.0314. The number of aromatic hydroxyl groups is 1. The number of aryl methyl sites for hydroxylation is 1. The minimum Gasteiger partial charge on any atom is -0.506 e. The van der Waals surface area contributed by atoms with Gasteiger partial charge in [0.15, 0.2) is 6.10 Å². The van der Waals surface area contributed by atoms with E-state index in [1.807, 2.05) is 31.2 Å². The van der Waals surface area contributed by atoms with Crippen LogP contribution >= 0.6 is 0 Å². The van der Waals surface area contributed by atoms with Crippen LogP contribution in [0.5, 0.6) is 11.5 Å². The van der Waals surface area contributed by atoms with Gasteiger partial charge in [-0.05, 0) is 37.6 Å². The van der Waals surface area contributed by atoms with E-state index in [4.69, 9.17) is 4.74 Å². The molecule has 20 heavy (non-hydrogen) atoms. The Morgan fingerprint density at radius 3 is 2.50 bits per heavy atom. The topological polar surface area (TPSA) is 58.6 Å². The molecule has 104 valence electrons. The number of hydrogen-bond acceptors (Lipinski definition) is 3. The van der Waals surface area contributed by atoms with Crippen molar-refractivity contribution in [2.75, 3.05) is 5.32 Å². The number of phenols is 1. The molecule has 2 N–H and O–H groups in total. The molecule has 1 amide bonds. The van der Waals surface area contributed by atoms with Crippen molar-refractivity contribution in [1.29, 1.82) is 0 Å². The van der Waals surface area contributed by atoms with Gasteiger partial charge in [-0.2, -0.15) is 0 Å². The first kappa shape index (κ1) is 13.9. The predicted molar refractivity (Wildman–Crippen MR) is 78.0 cm³/mol. The van der Waals surface area contributed by atoms with E-state index in [1.165, 1.54) is 6.07 Å². The van der Waals surface area contributed by atoms with Gasteiger partial charge in [-0.3, -0.25) is 4.79 Å². The van der Waals surface area contributed by atoms with Gasteiger partial charge < -0.3 is 15.2 Å². The Kier molecular flexibility index (Phi) is 4.25. The second-order valence-corrected chi connectivity index (χ2v) is 4.53. The lowest BCUT2D eigenvalue weighted by Gasteiger charge is -2.16. The number of phenolic OH excluding ortho intramolecular Hbond substituents is 1. The van der Waals surface area contributed by atoms with Crippen LogP contribution in [-0.4, -0.2) is 17.1 Å². The zero-order valence-electron chi connectivity index (χ0n) is 11.5. The van der Waals surface area contributed by atoms with Crippen molar-refractivity contribution >= 4 is 11.6 Å². The molecule has 0 aliphatic heterocycles. The summed E-state index contributed by atoms with van der Waals surface area (Å²) in [7, 11) is 0. The smallest absolute Gasteiger partial charge is 0.265 e. The molecule has 4 heteroatoms. The second kappa shape index (κ2) is 6.10. The largest absolute Gasteiger partial charge is 0.506 e. The molecule has 1 atom stereocenters. The van der Waals surface area contributed by atoms with E-state index in [0.717, 1.165) is 5.56 Å². The molecule has 0 radical (unpaired) electrons. The Labute approximate surface area is 118 Å². The lowest BCUT2D eigenvalue weighted by molar-refractivity contribution is -0.122. The van der Waals surface area contributed by atoms with Crippen molar-refractivity contribution in [3.05, 3.63) is 54.1 Å². The Balaban J connectivity index is 2.03. The maximum atomic E-state index is 12.0. The van der Waals surface area contributed by atoms with Crippen LogP contribution in [0.1, 0.15) is 12.5 Å². The summed E-state index contributed by atoms with van der Waals surface area (Å²) in [6.07, 6.45) is -0.657. The number of nitrogens with one attached hydrogen (secondary N) is 1. The van der Waals surface area contributed by atoms with E-state index in [-0.39, 0.29) is 11.7 Å². The van der Waals surface area contributed by atoms with E-state index in [2.05, 4.69) is 5.32 Å². The standard InChI is InChI=1S/C16H17NO3/c1-11-7-3-6-10-15(11)20-12(2)16(19)17-13-8-4-5-9-14(13)18/h3-10,12,18H,1-2H3,(H,17,19). The summed E-state index contributed by atoms with van der Waals surface area (Å²) in [5.74, 6) is 0.395. The molecular weight excluding hydrogens is 254 g/mol. The fourth-order valence-electron chi connectivity index (χ4n) is 1.75. The van der Waals surface area contributed by atoms with Crippen molar-refractivity contribution in [1.82, 2.24) is 0 Å². The molecule has 0 spiro atoms. The molecule has 0 aliphatic carbocycles. The highest BCUT2D eigenvalue weighted by molar-refractivity contribution is 5.95. The molecule has 0 aliphatic rings. The molecule has 0 bridgehead atoms. The van der Waals surface area contributed by atoms with E-state index < -0.39 is 6.10 Å². The van der Waals surface area contributed by atoms with Crippen LogP contribution < -0.4 is 10.1 Å². The van der Waals surface area contributed by atoms with Crippen molar-refractivity contribution < 1.29 is 14.6 Å². The minimum atomic E-state index is -0.657. The highest BCUT2D eigenvalue weighted by atomic mass is 16.5. The number of ether oxygens (including phenoxy) is 1. The summed E-state index contributed by atoms with van der Waals surface area (Å²) in [6, 6.07) is 14.1. The summed E-state index contributed by atoms with van der Waals surface area (Å²) in [5.41, 5.74) is 1.34. The first-order valence-corrected chi connectivity index (χ1v) is 6.39. The first-order chi connectivity index (χ1) is 9.58. The third-order valence-electron chi connectivity index (χ3n) is 2.93. The van der Waals surface area contributed by atoms with Crippen LogP contribution in [0.2, 0.25) is 0 Å². The van der Waals surface area contributed by atoms with Gasteiger partial charge in [-0.25, -0.2) is 0 Å². The van der Waals surface area contributed by atoms with E-state index in [0.29, 0.717) is 11.4 Å². The molecule has 4 nitrogen and oxygen atoms in total. The van der Waals surface area contributed by atoms with Gasteiger partial charge in [0.1, 0.15) is 11.5 Å². The van der Waals surface area contributed by atoms with Crippen molar-refractivity contribution in [3.8, 4) is 11.5 Å². The lowest BCUT2D eigenvalue weighted by atomic mass is 10.2. The molecule has 2 rings (SSSR count). The Hall–Kier alpha value is -2.49. The van der Waals surface area contributed by atoms with Crippen LogP contribution in [0, 0.1) is 6.92 Å². The molecule has 0 fully saturated rings. The summed E-state index contributed by atoms with van der Waals surface area (Å²) in [6.45, 7) is 3.59. The SMILES string of the molecule is Cc1ccccc1OC(C)C(=O)Nc1ccccc1O. The fraction of sp³-hybridized carbons (Fsp3) is 0.188. The van der Waals surface area contributed by atoms with E-state index in [9.17, 15) is 9.90 Å². The highest BCUT2D eigenvalue weighted by Crippen LogP contribution is 2.22. The maximum Gasteiger partial charge on any atom is 0.265 e. The van der Waals surface area contributed by atoms with Crippen molar-refractivity contribution in [2.24, 2.45) is 0 Å². The number of para-hydroxylation sites is 3. The van der Waals surface area contributed by atoms with Crippen molar-refractivity contribution in [3.63, 3.8) is 0 Å². The molecule has 2 aromatic rings.